The minimum atomic E-state index is -0.696. The Morgan fingerprint density at radius 2 is 1.76 bits per heavy atom. The Kier molecular flexibility index (Phi) is 7.21. The third kappa shape index (κ3) is 5.09. The highest BCUT2D eigenvalue weighted by molar-refractivity contribution is 6.36. The summed E-state index contributed by atoms with van der Waals surface area (Å²) < 4.78 is 19.9. The number of carbonyl (C=O) groups is 1. The average molecular weight is 504 g/mol. The number of hydrogen-bond donors (Lipinski definition) is 1. The van der Waals surface area contributed by atoms with Gasteiger partial charge in [-0.25, -0.2) is 4.39 Å². The van der Waals surface area contributed by atoms with Crippen LogP contribution in [0.15, 0.2) is 42.5 Å². The number of halogens is 3. The lowest BCUT2D eigenvalue weighted by Crippen LogP contribution is -2.47. The fourth-order valence-electron chi connectivity index (χ4n) is 3.76. The van der Waals surface area contributed by atoms with Crippen LogP contribution in [0.25, 0.3) is 11.3 Å². The van der Waals surface area contributed by atoms with E-state index in [-0.39, 0.29) is 27.5 Å². The van der Waals surface area contributed by atoms with Gasteiger partial charge in [0.05, 0.1) is 10.7 Å². The molecule has 178 valence electrons. The molecule has 0 radical (unpaired) electrons. The monoisotopic (exact) mass is 503 g/mol. The Labute approximate surface area is 207 Å². The average Bonchev–Trinajstić information content (AvgIpc) is 2.83. The summed E-state index contributed by atoms with van der Waals surface area (Å²) >= 11 is 12.3. The molecule has 0 spiro atoms. The van der Waals surface area contributed by atoms with Crippen molar-refractivity contribution in [3.63, 3.8) is 0 Å². The van der Waals surface area contributed by atoms with Crippen LogP contribution in [0.4, 0.5) is 10.2 Å². The molecule has 1 atom stereocenters. The minimum absolute atomic E-state index is 0.00439. The van der Waals surface area contributed by atoms with E-state index in [1.165, 1.54) is 12.1 Å². The molecule has 0 aliphatic carbocycles. The van der Waals surface area contributed by atoms with E-state index in [0.717, 1.165) is 18.7 Å². The predicted molar refractivity (Wildman–Crippen MR) is 131 cm³/mol. The van der Waals surface area contributed by atoms with E-state index in [1.54, 1.807) is 37.3 Å². The first-order valence-corrected chi connectivity index (χ1v) is 11.5. The molecule has 7 nitrogen and oxygen atoms in total. The summed E-state index contributed by atoms with van der Waals surface area (Å²) in [6.07, 6.45) is -0.696. The fourth-order valence-corrected chi connectivity index (χ4v) is 4.44. The van der Waals surface area contributed by atoms with Gasteiger partial charge in [0, 0.05) is 54.0 Å². The fraction of sp³-hybridized carbons (Fsp3) is 0.292. The Morgan fingerprint density at radius 3 is 2.44 bits per heavy atom. The van der Waals surface area contributed by atoms with Crippen molar-refractivity contribution in [2.75, 3.05) is 39.0 Å². The molecular weight excluding hydrogens is 480 g/mol. The quantitative estimate of drug-likeness (QED) is 0.508. The number of carbonyl (C=O) groups excluding carboxylic acids is 1. The number of benzene rings is 2. The summed E-state index contributed by atoms with van der Waals surface area (Å²) in [5, 5.41) is 8.30. The van der Waals surface area contributed by atoms with E-state index in [4.69, 9.17) is 33.7 Å². The molecule has 2 aromatic carbocycles. The van der Waals surface area contributed by atoms with Crippen LogP contribution in [0.5, 0.6) is 5.75 Å². The predicted octanol–water partition coefficient (Wildman–Crippen LogP) is 4.70. The highest BCUT2D eigenvalue weighted by Gasteiger charge is 2.22. The molecule has 0 bridgehead atoms. The molecule has 4 rings (SSSR count). The summed E-state index contributed by atoms with van der Waals surface area (Å²) in [7, 11) is 2.05. The Hall–Kier alpha value is -2.94. The first-order valence-electron chi connectivity index (χ1n) is 10.8. The number of nitrogen functional groups attached to an aromatic ring is 1. The summed E-state index contributed by atoms with van der Waals surface area (Å²) in [4.78, 5) is 16.8. The van der Waals surface area contributed by atoms with Crippen LogP contribution in [-0.4, -0.2) is 59.1 Å². The van der Waals surface area contributed by atoms with Gasteiger partial charge in [0.2, 0.25) is 0 Å². The third-order valence-electron chi connectivity index (χ3n) is 5.79. The van der Waals surface area contributed by atoms with Crippen molar-refractivity contribution < 1.29 is 13.9 Å². The summed E-state index contributed by atoms with van der Waals surface area (Å²) in [5.74, 6) is -0.262. The van der Waals surface area contributed by atoms with E-state index in [1.807, 2.05) is 11.9 Å². The highest BCUT2D eigenvalue weighted by atomic mass is 35.5. The summed E-state index contributed by atoms with van der Waals surface area (Å²) in [6, 6.07) is 11.4. The van der Waals surface area contributed by atoms with Gasteiger partial charge < -0.3 is 20.3 Å². The maximum absolute atomic E-state index is 13.9. The van der Waals surface area contributed by atoms with Gasteiger partial charge in [0.25, 0.3) is 5.91 Å². The molecule has 2 heterocycles. The van der Waals surface area contributed by atoms with Crippen molar-refractivity contribution in [3.05, 3.63) is 69.5 Å². The van der Waals surface area contributed by atoms with E-state index >= 15 is 0 Å². The number of nitrogens with zero attached hydrogens (tertiary/aromatic N) is 4. The zero-order chi connectivity index (χ0) is 24.4. The van der Waals surface area contributed by atoms with Gasteiger partial charge in [0.1, 0.15) is 11.9 Å². The lowest BCUT2D eigenvalue weighted by atomic mass is 10.1. The van der Waals surface area contributed by atoms with Crippen molar-refractivity contribution in [1.82, 2.24) is 20.0 Å². The van der Waals surface area contributed by atoms with Crippen LogP contribution in [0.3, 0.4) is 0 Å². The third-order valence-corrected chi connectivity index (χ3v) is 6.51. The molecule has 1 aliphatic heterocycles. The van der Waals surface area contributed by atoms with Gasteiger partial charge in [-0.15, -0.1) is 10.2 Å². The molecule has 1 saturated heterocycles. The highest BCUT2D eigenvalue weighted by Crippen LogP contribution is 2.36. The van der Waals surface area contributed by atoms with Crippen LogP contribution in [-0.2, 0) is 0 Å². The zero-order valence-corrected chi connectivity index (χ0v) is 20.3. The van der Waals surface area contributed by atoms with Crippen LogP contribution in [0.2, 0.25) is 10.0 Å². The lowest BCUT2D eigenvalue weighted by Gasteiger charge is -2.32. The van der Waals surface area contributed by atoms with Gasteiger partial charge >= 0.3 is 0 Å². The molecule has 1 aliphatic rings. The van der Waals surface area contributed by atoms with E-state index < -0.39 is 11.9 Å². The largest absolute Gasteiger partial charge is 0.482 e. The second-order valence-corrected chi connectivity index (χ2v) is 8.95. The number of amides is 1. The lowest BCUT2D eigenvalue weighted by molar-refractivity contribution is 0.0664. The van der Waals surface area contributed by atoms with Crippen molar-refractivity contribution in [1.29, 1.82) is 0 Å². The molecule has 0 saturated carbocycles. The molecule has 34 heavy (non-hydrogen) atoms. The zero-order valence-electron chi connectivity index (χ0n) is 18.8. The molecule has 3 aromatic rings. The van der Waals surface area contributed by atoms with Crippen LogP contribution >= 0.6 is 23.2 Å². The molecule has 2 N–H and O–H groups in total. The van der Waals surface area contributed by atoms with E-state index in [9.17, 15) is 9.18 Å². The standard InChI is InChI=1S/C24H24Cl2FN5O2/c1-14(21-17(25)7-8-18(27)22(21)26)34-20-13-19(29-30-23(20)28)15-3-5-16(6-4-15)24(33)32-11-9-31(2)10-12-32/h3-8,13-14H,9-12H2,1-2H3,(H2,28,30). The Bertz CT molecular complexity index is 1200. The summed E-state index contributed by atoms with van der Waals surface area (Å²) in [5.41, 5.74) is 8.13. The number of likely N-dealkylation sites (N-methyl/N-ethyl adjacent to an activating group) is 1. The van der Waals surface area contributed by atoms with E-state index in [0.29, 0.717) is 29.9 Å². The summed E-state index contributed by atoms with van der Waals surface area (Å²) in [6.45, 7) is 4.82. The second kappa shape index (κ2) is 10.1. The normalized spacial score (nSPS) is 15.3. The maximum Gasteiger partial charge on any atom is 0.253 e. The van der Waals surface area contributed by atoms with Crippen LogP contribution < -0.4 is 10.5 Å². The molecule has 1 amide bonds. The van der Waals surface area contributed by atoms with Crippen LogP contribution in [0, 0.1) is 5.82 Å². The van der Waals surface area contributed by atoms with Crippen LogP contribution in [0.1, 0.15) is 28.9 Å². The Morgan fingerprint density at radius 1 is 1.09 bits per heavy atom. The number of ether oxygens (including phenoxy) is 1. The molecule has 1 aromatic heterocycles. The molecular formula is C24H24Cl2FN5O2. The maximum atomic E-state index is 13.9. The number of anilines is 1. The van der Waals surface area contributed by atoms with Crippen molar-refractivity contribution in [2.45, 2.75) is 13.0 Å². The van der Waals surface area contributed by atoms with Gasteiger partial charge in [-0.05, 0) is 38.2 Å². The number of piperazine rings is 1. The number of aromatic nitrogens is 2. The first-order chi connectivity index (χ1) is 16.2. The first kappa shape index (κ1) is 24.2. The smallest absolute Gasteiger partial charge is 0.253 e. The van der Waals surface area contributed by atoms with Crippen molar-refractivity contribution in [2.24, 2.45) is 0 Å². The van der Waals surface area contributed by atoms with Gasteiger partial charge in [0.15, 0.2) is 11.6 Å². The van der Waals surface area contributed by atoms with Crippen molar-refractivity contribution >= 4 is 34.9 Å². The SMILES string of the molecule is CC(Oc1cc(-c2ccc(C(=O)N3CCN(C)CC3)cc2)nnc1N)c1c(Cl)ccc(F)c1Cl. The number of hydrogen-bond acceptors (Lipinski definition) is 6. The Balaban J connectivity index is 1.53. The van der Waals surface area contributed by atoms with Gasteiger partial charge in [-0.1, -0.05) is 35.3 Å². The van der Waals surface area contributed by atoms with Gasteiger partial charge in [-0.2, -0.15) is 0 Å². The van der Waals surface area contributed by atoms with Gasteiger partial charge in [-0.3, -0.25) is 4.79 Å². The van der Waals surface area contributed by atoms with E-state index in [2.05, 4.69) is 15.1 Å². The molecule has 1 fully saturated rings. The minimum Gasteiger partial charge on any atom is -0.482 e. The number of rotatable bonds is 5. The topological polar surface area (TPSA) is 84.6 Å². The molecule has 1 unspecified atom stereocenters. The number of nitrogens with two attached hydrogens (primary N) is 1. The second-order valence-electron chi connectivity index (χ2n) is 8.17. The van der Waals surface area contributed by atoms with Crippen molar-refractivity contribution in [3.8, 4) is 17.0 Å². The molecule has 10 heteroatoms.